The van der Waals surface area contributed by atoms with E-state index in [4.69, 9.17) is 5.11 Å². The molecule has 0 unspecified atom stereocenters. The maximum Gasteiger partial charge on any atom is 0.306 e. The number of carboxylic acids is 1. The van der Waals surface area contributed by atoms with Crippen LogP contribution in [0.25, 0.3) is 6.08 Å². The zero-order valence-corrected chi connectivity index (χ0v) is 11.7. The van der Waals surface area contributed by atoms with Crippen LogP contribution in [0.15, 0.2) is 30.3 Å². The molecule has 0 aliphatic carbocycles. The summed E-state index contributed by atoms with van der Waals surface area (Å²) in [5.41, 5.74) is 0.841. The largest absolute Gasteiger partial charge is 0.481 e. The van der Waals surface area contributed by atoms with Gasteiger partial charge in [0, 0.05) is 19.5 Å². The number of halogens is 1. The van der Waals surface area contributed by atoms with Crippen molar-refractivity contribution < 1.29 is 19.1 Å². The third-order valence-electron chi connectivity index (χ3n) is 3.67. The number of carboxylic acid groups (broad SMARTS) is 1. The van der Waals surface area contributed by atoms with Gasteiger partial charge in [-0.25, -0.2) is 4.39 Å². The molecule has 1 fully saturated rings. The Kier molecular flexibility index (Phi) is 5.09. The number of rotatable bonds is 4. The van der Waals surface area contributed by atoms with Crippen LogP contribution in [0, 0.1) is 11.7 Å². The summed E-state index contributed by atoms with van der Waals surface area (Å²) in [6.07, 6.45) is 4.83. The van der Waals surface area contributed by atoms with Crippen LogP contribution in [0.5, 0.6) is 0 Å². The van der Waals surface area contributed by atoms with Crippen molar-refractivity contribution in [2.24, 2.45) is 5.92 Å². The van der Waals surface area contributed by atoms with Crippen molar-refractivity contribution in [1.29, 1.82) is 0 Å². The zero-order chi connectivity index (χ0) is 15.2. The Balaban J connectivity index is 1.80. The third kappa shape index (κ3) is 4.41. The minimum atomic E-state index is -0.779. The molecule has 1 aliphatic heterocycles. The van der Waals surface area contributed by atoms with E-state index in [1.807, 2.05) is 0 Å². The summed E-state index contributed by atoms with van der Waals surface area (Å²) < 4.78 is 12.7. The Bertz CT molecular complexity index is 531. The van der Waals surface area contributed by atoms with Crippen molar-refractivity contribution in [3.8, 4) is 0 Å². The van der Waals surface area contributed by atoms with Crippen LogP contribution in [0.4, 0.5) is 4.39 Å². The molecule has 0 aromatic heterocycles. The van der Waals surface area contributed by atoms with E-state index in [9.17, 15) is 14.0 Å². The fourth-order valence-electron chi connectivity index (χ4n) is 2.37. The molecule has 1 heterocycles. The van der Waals surface area contributed by atoms with E-state index in [1.54, 1.807) is 29.2 Å². The molecule has 1 aliphatic rings. The SMILES string of the molecule is O=C(O)C1CCN(C(=O)CC=Cc2ccc(F)cc2)CC1. The summed E-state index contributed by atoms with van der Waals surface area (Å²) in [5, 5.41) is 8.91. The van der Waals surface area contributed by atoms with Crippen molar-refractivity contribution in [3.05, 3.63) is 41.7 Å². The van der Waals surface area contributed by atoms with Crippen LogP contribution in [-0.2, 0) is 9.59 Å². The maximum atomic E-state index is 12.7. The molecule has 0 radical (unpaired) electrons. The number of amides is 1. The summed E-state index contributed by atoms with van der Waals surface area (Å²) in [7, 11) is 0. The van der Waals surface area contributed by atoms with Crippen LogP contribution < -0.4 is 0 Å². The first-order chi connectivity index (χ1) is 10.1. The highest BCUT2D eigenvalue weighted by atomic mass is 19.1. The topological polar surface area (TPSA) is 57.6 Å². The molecule has 0 spiro atoms. The van der Waals surface area contributed by atoms with E-state index in [2.05, 4.69) is 0 Å². The van der Waals surface area contributed by atoms with E-state index in [0.29, 0.717) is 25.9 Å². The van der Waals surface area contributed by atoms with Gasteiger partial charge in [-0.05, 0) is 30.5 Å². The van der Waals surface area contributed by atoms with Gasteiger partial charge in [0.2, 0.25) is 5.91 Å². The lowest BCUT2D eigenvalue weighted by atomic mass is 9.97. The number of aliphatic carboxylic acids is 1. The number of hydrogen-bond acceptors (Lipinski definition) is 2. The molecule has 112 valence electrons. The molecule has 0 atom stereocenters. The Morgan fingerprint density at radius 1 is 1.24 bits per heavy atom. The first kappa shape index (κ1) is 15.2. The summed E-state index contributed by atoms with van der Waals surface area (Å²) in [4.78, 5) is 24.5. The summed E-state index contributed by atoms with van der Waals surface area (Å²) in [6, 6.07) is 6.04. The molecular weight excluding hydrogens is 273 g/mol. The molecule has 1 aromatic rings. The Labute approximate surface area is 122 Å². The van der Waals surface area contributed by atoms with Crippen molar-refractivity contribution >= 4 is 18.0 Å². The highest BCUT2D eigenvalue weighted by Crippen LogP contribution is 2.18. The fourth-order valence-corrected chi connectivity index (χ4v) is 2.37. The minimum Gasteiger partial charge on any atom is -0.481 e. The van der Waals surface area contributed by atoms with Gasteiger partial charge in [-0.15, -0.1) is 0 Å². The van der Waals surface area contributed by atoms with Gasteiger partial charge in [0.25, 0.3) is 0 Å². The molecule has 2 rings (SSSR count). The normalized spacial score (nSPS) is 16.3. The summed E-state index contributed by atoms with van der Waals surface area (Å²) >= 11 is 0. The quantitative estimate of drug-likeness (QED) is 0.927. The zero-order valence-electron chi connectivity index (χ0n) is 11.7. The van der Waals surface area contributed by atoms with Gasteiger partial charge < -0.3 is 10.0 Å². The smallest absolute Gasteiger partial charge is 0.306 e. The van der Waals surface area contributed by atoms with E-state index in [0.717, 1.165) is 5.56 Å². The van der Waals surface area contributed by atoms with E-state index in [1.165, 1.54) is 12.1 Å². The van der Waals surface area contributed by atoms with E-state index >= 15 is 0 Å². The first-order valence-electron chi connectivity index (χ1n) is 6.99. The monoisotopic (exact) mass is 291 g/mol. The fraction of sp³-hybridized carbons (Fsp3) is 0.375. The summed E-state index contributed by atoms with van der Waals surface area (Å²) in [5.74, 6) is -1.40. The Morgan fingerprint density at radius 2 is 1.86 bits per heavy atom. The predicted molar refractivity (Wildman–Crippen MR) is 77.0 cm³/mol. The van der Waals surface area contributed by atoms with Crippen molar-refractivity contribution in [2.75, 3.05) is 13.1 Å². The summed E-state index contributed by atoms with van der Waals surface area (Å²) in [6.45, 7) is 1.00. The molecule has 1 saturated heterocycles. The number of likely N-dealkylation sites (tertiary alicyclic amines) is 1. The van der Waals surface area contributed by atoms with Gasteiger partial charge >= 0.3 is 5.97 Å². The van der Waals surface area contributed by atoms with E-state index in [-0.39, 0.29) is 24.1 Å². The standard InChI is InChI=1S/C16H18FNO3/c17-14-6-4-12(5-7-14)2-1-3-15(19)18-10-8-13(9-11-18)16(20)21/h1-2,4-7,13H,3,8-11H2,(H,20,21). The Morgan fingerprint density at radius 3 is 2.43 bits per heavy atom. The highest BCUT2D eigenvalue weighted by molar-refractivity contribution is 5.79. The molecule has 1 amide bonds. The second-order valence-corrected chi connectivity index (χ2v) is 5.15. The van der Waals surface area contributed by atoms with Crippen molar-refractivity contribution in [1.82, 2.24) is 4.90 Å². The molecule has 1 aromatic carbocycles. The van der Waals surface area contributed by atoms with E-state index < -0.39 is 5.97 Å². The minimum absolute atomic E-state index is 0.00259. The maximum absolute atomic E-state index is 12.7. The molecule has 0 bridgehead atoms. The Hall–Kier alpha value is -2.17. The highest BCUT2D eigenvalue weighted by Gasteiger charge is 2.26. The van der Waals surface area contributed by atoms with Gasteiger partial charge in [-0.1, -0.05) is 24.3 Å². The lowest BCUT2D eigenvalue weighted by molar-refractivity contribution is -0.145. The average molecular weight is 291 g/mol. The second kappa shape index (κ2) is 7.02. The van der Waals surface area contributed by atoms with Gasteiger partial charge in [0.15, 0.2) is 0 Å². The number of nitrogens with zero attached hydrogens (tertiary/aromatic N) is 1. The number of benzene rings is 1. The van der Waals surface area contributed by atoms with Crippen LogP contribution in [-0.4, -0.2) is 35.0 Å². The molecule has 5 heteroatoms. The van der Waals surface area contributed by atoms with Crippen molar-refractivity contribution in [2.45, 2.75) is 19.3 Å². The lowest BCUT2D eigenvalue weighted by Crippen LogP contribution is -2.39. The lowest BCUT2D eigenvalue weighted by Gasteiger charge is -2.29. The van der Waals surface area contributed by atoms with Gasteiger partial charge in [-0.2, -0.15) is 0 Å². The van der Waals surface area contributed by atoms with Gasteiger partial charge in [0.05, 0.1) is 5.92 Å². The second-order valence-electron chi connectivity index (χ2n) is 5.15. The van der Waals surface area contributed by atoms with Crippen LogP contribution >= 0.6 is 0 Å². The predicted octanol–water partition coefficient (Wildman–Crippen LogP) is 2.55. The van der Waals surface area contributed by atoms with Crippen molar-refractivity contribution in [3.63, 3.8) is 0 Å². The van der Waals surface area contributed by atoms with Crippen LogP contribution in [0.3, 0.4) is 0 Å². The number of carbonyl (C=O) groups is 2. The first-order valence-corrected chi connectivity index (χ1v) is 6.99. The van der Waals surface area contributed by atoms with Crippen LogP contribution in [0.1, 0.15) is 24.8 Å². The molecular formula is C16H18FNO3. The third-order valence-corrected chi connectivity index (χ3v) is 3.67. The van der Waals surface area contributed by atoms with Crippen LogP contribution in [0.2, 0.25) is 0 Å². The van der Waals surface area contributed by atoms with Gasteiger partial charge in [-0.3, -0.25) is 9.59 Å². The molecule has 1 N–H and O–H groups in total. The number of carbonyl (C=O) groups excluding carboxylic acids is 1. The molecule has 0 saturated carbocycles. The van der Waals surface area contributed by atoms with Gasteiger partial charge in [0.1, 0.15) is 5.82 Å². The molecule has 21 heavy (non-hydrogen) atoms. The number of hydrogen-bond donors (Lipinski definition) is 1. The number of piperidine rings is 1. The molecule has 4 nitrogen and oxygen atoms in total. The average Bonchev–Trinajstić information content (AvgIpc) is 2.49.